The van der Waals surface area contributed by atoms with Crippen LogP contribution in [0.25, 0.3) is 0 Å². The average molecular weight is 276 g/mol. The topological polar surface area (TPSA) is 38.7 Å². The van der Waals surface area contributed by atoms with E-state index in [-0.39, 0.29) is 10.0 Å². The van der Waals surface area contributed by atoms with E-state index in [1.807, 2.05) is 6.92 Å². The molecule has 0 unspecified atom stereocenters. The van der Waals surface area contributed by atoms with Crippen molar-refractivity contribution in [1.82, 2.24) is 14.3 Å². The first-order valence-electron chi connectivity index (χ1n) is 4.50. The van der Waals surface area contributed by atoms with Gasteiger partial charge in [-0.2, -0.15) is 4.37 Å². The Labute approximate surface area is 105 Å². The van der Waals surface area contributed by atoms with Crippen molar-refractivity contribution in [3.8, 4) is 0 Å². The lowest BCUT2D eigenvalue weighted by molar-refractivity contribution is 0.588. The smallest absolute Gasteiger partial charge is 0.176 e. The second-order valence-electron chi connectivity index (χ2n) is 2.87. The number of halogens is 2. The minimum absolute atomic E-state index is 0.267. The van der Waals surface area contributed by atoms with Crippen LogP contribution < -0.4 is 0 Å². The molecule has 2 aromatic rings. The number of aryl methyl sites for hydroxylation is 1. The number of hydrogen-bond acceptors (Lipinski definition) is 5. The summed E-state index contributed by atoms with van der Waals surface area (Å²) in [5.41, 5.74) is 0. The third kappa shape index (κ3) is 2.69. The molecule has 3 nitrogen and oxygen atoms in total. The quantitative estimate of drug-likeness (QED) is 0.860. The van der Waals surface area contributed by atoms with Gasteiger partial charge in [-0.05, 0) is 29.4 Å². The molecule has 0 aliphatic heterocycles. The summed E-state index contributed by atoms with van der Waals surface area (Å²) in [5, 5.41) is 0.552. The normalized spacial score (nSPS) is 10.7. The Hall–Kier alpha value is -0.720. The Balaban J connectivity index is 2.20. The van der Waals surface area contributed by atoms with E-state index in [2.05, 4.69) is 14.3 Å². The molecule has 0 N–H and O–H groups in total. The van der Waals surface area contributed by atoms with Crippen LogP contribution in [-0.2, 0) is 6.42 Å². The molecule has 2 heterocycles. The number of pyridine rings is 1. The molecule has 0 bridgehead atoms. The molecule has 0 spiro atoms. The standard InChI is InChI=1S/C9H7ClFN3S2/c1-2-7-13-9(16-14-7)15-8-6(11)3-5(10)4-12-8/h3-4H,2H2,1H3. The molecule has 0 aliphatic rings. The van der Waals surface area contributed by atoms with Crippen molar-refractivity contribution in [2.45, 2.75) is 22.7 Å². The van der Waals surface area contributed by atoms with Crippen molar-refractivity contribution < 1.29 is 4.39 Å². The number of rotatable bonds is 3. The molecule has 2 aromatic heterocycles. The molecule has 0 amide bonds. The van der Waals surface area contributed by atoms with Crippen LogP contribution in [0.1, 0.15) is 12.7 Å². The van der Waals surface area contributed by atoms with E-state index in [4.69, 9.17) is 11.6 Å². The lowest BCUT2D eigenvalue weighted by Crippen LogP contribution is -1.86. The molecule has 0 radical (unpaired) electrons. The second-order valence-corrected chi connectivity index (χ2v) is 5.30. The maximum Gasteiger partial charge on any atom is 0.176 e. The van der Waals surface area contributed by atoms with Crippen molar-refractivity contribution in [1.29, 1.82) is 0 Å². The Morgan fingerprint density at radius 1 is 1.56 bits per heavy atom. The highest BCUT2D eigenvalue weighted by Crippen LogP contribution is 2.30. The van der Waals surface area contributed by atoms with E-state index in [9.17, 15) is 4.39 Å². The van der Waals surface area contributed by atoms with Crippen LogP contribution in [-0.4, -0.2) is 14.3 Å². The SMILES string of the molecule is CCc1nsc(Sc2ncc(Cl)cc2F)n1. The fourth-order valence-electron chi connectivity index (χ4n) is 0.983. The average Bonchev–Trinajstić information content (AvgIpc) is 2.70. The summed E-state index contributed by atoms with van der Waals surface area (Å²) in [6.45, 7) is 1.97. The Kier molecular flexibility index (Phi) is 3.73. The zero-order chi connectivity index (χ0) is 11.5. The third-order valence-corrected chi connectivity index (χ3v) is 3.71. The van der Waals surface area contributed by atoms with Gasteiger partial charge in [0.1, 0.15) is 10.9 Å². The summed E-state index contributed by atoms with van der Waals surface area (Å²) < 4.78 is 18.2. The van der Waals surface area contributed by atoms with Gasteiger partial charge in [-0.1, -0.05) is 18.5 Å². The Bertz CT molecular complexity index is 503. The molecule has 7 heteroatoms. The minimum atomic E-state index is -0.439. The lowest BCUT2D eigenvalue weighted by atomic mass is 10.5. The Morgan fingerprint density at radius 2 is 2.38 bits per heavy atom. The zero-order valence-electron chi connectivity index (χ0n) is 8.28. The first-order chi connectivity index (χ1) is 7.69. The molecule has 84 valence electrons. The van der Waals surface area contributed by atoms with E-state index in [0.29, 0.717) is 4.34 Å². The largest absolute Gasteiger partial charge is 0.245 e. The van der Waals surface area contributed by atoms with Gasteiger partial charge >= 0.3 is 0 Å². The maximum absolute atomic E-state index is 13.4. The summed E-state index contributed by atoms with van der Waals surface area (Å²) in [4.78, 5) is 8.12. The van der Waals surface area contributed by atoms with Crippen LogP contribution in [0.15, 0.2) is 21.6 Å². The number of nitrogens with zero attached hydrogens (tertiary/aromatic N) is 3. The molecule has 0 saturated carbocycles. The number of hydrogen-bond donors (Lipinski definition) is 0. The van der Waals surface area contributed by atoms with Gasteiger partial charge in [-0.15, -0.1) is 0 Å². The van der Waals surface area contributed by atoms with Crippen LogP contribution in [0.2, 0.25) is 5.02 Å². The van der Waals surface area contributed by atoms with Crippen LogP contribution in [0.3, 0.4) is 0 Å². The fraction of sp³-hybridized carbons (Fsp3) is 0.222. The molecule has 0 fully saturated rings. The van der Waals surface area contributed by atoms with Gasteiger partial charge in [0, 0.05) is 12.6 Å². The van der Waals surface area contributed by atoms with Gasteiger partial charge in [0.25, 0.3) is 0 Å². The van der Waals surface area contributed by atoms with Crippen LogP contribution in [0.4, 0.5) is 4.39 Å². The van der Waals surface area contributed by atoms with Crippen LogP contribution in [0.5, 0.6) is 0 Å². The summed E-state index contributed by atoms with van der Waals surface area (Å²) in [7, 11) is 0. The van der Waals surface area contributed by atoms with Crippen molar-refractivity contribution in [3.63, 3.8) is 0 Å². The van der Waals surface area contributed by atoms with Crippen LogP contribution in [0, 0.1) is 5.82 Å². The highest BCUT2D eigenvalue weighted by molar-refractivity contribution is 8.00. The predicted octanol–water partition coefficient (Wildman–Crippen LogP) is 3.44. The minimum Gasteiger partial charge on any atom is -0.245 e. The predicted molar refractivity (Wildman–Crippen MR) is 62.6 cm³/mol. The van der Waals surface area contributed by atoms with Crippen molar-refractivity contribution in [2.75, 3.05) is 0 Å². The number of aromatic nitrogens is 3. The molecule has 0 saturated heterocycles. The highest BCUT2D eigenvalue weighted by atomic mass is 35.5. The third-order valence-electron chi connectivity index (χ3n) is 1.72. The maximum atomic E-state index is 13.4. The highest BCUT2D eigenvalue weighted by Gasteiger charge is 2.10. The lowest BCUT2D eigenvalue weighted by Gasteiger charge is -1.98. The molecule has 0 atom stereocenters. The summed E-state index contributed by atoms with van der Waals surface area (Å²) in [6, 6.07) is 1.23. The molecule has 0 aliphatic carbocycles. The summed E-state index contributed by atoms with van der Waals surface area (Å²) in [5.74, 6) is 0.327. The molecule has 0 aromatic carbocycles. The summed E-state index contributed by atoms with van der Waals surface area (Å²) in [6.07, 6.45) is 2.18. The van der Waals surface area contributed by atoms with E-state index in [0.717, 1.165) is 24.0 Å². The van der Waals surface area contributed by atoms with Crippen LogP contribution >= 0.6 is 34.9 Å². The molecule has 16 heavy (non-hydrogen) atoms. The zero-order valence-corrected chi connectivity index (χ0v) is 10.7. The van der Waals surface area contributed by atoms with Crippen molar-refractivity contribution in [2.24, 2.45) is 0 Å². The van der Waals surface area contributed by atoms with Gasteiger partial charge < -0.3 is 0 Å². The van der Waals surface area contributed by atoms with Crippen molar-refractivity contribution >= 4 is 34.9 Å². The molecular formula is C9H7ClFN3S2. The first kappa shape index (κ1) is 11.8. The first-order valence-corrected chi connectivity index (χ1v) is 6.47. The molecular weight excluding hydrogens is 269 g/mol. The van der Waals surface area contributed by atoms with E-state index < -0.39 is 5.82 Å². The van der Waals surface area contributed by atoms with Gasteiger partial charge in [0.15, 0.2) is 10.2 Å². The Morgan fingerprint density at radius 3 is 3.00 bits per heavy atom. The van der Waals surface area contributed by atoms with Crippen molar-refractivity contribution in [3.05, 3.63) is 28.9 Å². The van der Waals surface area contributed by atoms with Gasteiger partial charge in [-0.25, -0.2) is 14.4 Å². The van der Waals surface area contributed by atoms with E-state index >= 15 is 0 Å². The van der Waals surface area contributed by atoms with Gasteiger partial charge in [-0.3, -0.25) is 0 Å². The molecule has 2 rings (SSSR count). The van der Waals surface area contributed by atoms with Gasteiger partial charge in [0.05, 0.1) is 5.02 Å². The van der Waals surface area contributed by atoms with E-state index in [1.165, 1.54) is 23.8 Å². The monoisotopic (exact) mass is 275 g/mol. The summed E-state index contributed by atoms with van der Waals surface area (Å²) >= 11 is 8.01. The fourth-order valence-corrected chi connectivity index (χ4v) is 2.70. The second kappa shape index (κ2) is 5.07. The van der Waals surface area contributed by atoms with E-state index in [1.54, 1.807) is 0 Å². The van der Waals surface area contributed by atoms with Gasteiger partial charge in [0.2, 0.25) is 0 Å².